The summed E-state index contributed by atoms with van der Waals surface area (Å²) in [6.07, 6.45) is 8.24. The molecule has 1 saturated carbocycles. The summed E-state index contributed by atoms with van der Waals surface area (Å²) in [6.45, 7) is 1.59. The number of rotatable bonds is 6. The van der Waals surface area contributed by atoms with Gasteiger partial charge in [-0.2, -0.15) is 0 Å². The van der Waals surface area contributed by atoms with Crippen molar-refractivity contribution in [1.82, 2.24) is 5.32 Å². The second-order valence-electron chi connectivity index (χ2n) is 6.49. The van der Waals surface area contributed by atoms with Gasteiger partial charge < -0.3 is 10.1 Å². The summed E-state index contributed by atoms with van der Waals surface area (Å²) < 4.78 is 5.84. The van der Waals surface area contributed by atoms with Crippen LogP contribution in [0.25, 0.3) is 0 Å². The Balaban J connectivity index is 1.45. The molecule has 0 spiro atoms. The topological polar surface area (TPSA) is 21.3 Å². The molecule has 1 aliphatic rings. The molecule has 2 aromatic rings. The molecule has 2 heteroatoms. The quantitative estimate of drug-likeness (QED) is 0.751. The molecule has 1 aliphatic carbocycles. The number of benzene rings is 2. The maximum absolute atomic E-state index is 5.84. The molecule has 0 bridgehead atoms. The van der Waals surface area contributed by atoms with Crippen molar-refractivity contribution >= 4 is 0 Å². The van der Waals surface area contributed by atoms with Gasteiger partial charge in [-0.05, 0) is 36.1 Å². The van der Waals surface area contributed by atoms with Crippen molar-refractivity contribution in [3.8, 4) is 5.75 Å². The van der Waals surface area contributed by atoms with Gasteiger partial charge in [0.15, 0.2) is 0 Å². The molecule has 3 rings (SSSR count). The predicted octanol–water partition coefficient (Wildman–Crippen LogP) is 5.08. The molecule has 0 aromatic heterocycles. The van der Waals surface area contributed by atoms with Gasteiger partial charge in [0.2, 0.25) is 0 Å². The summed E-state index contributed by atoms with van der Waals surface area (Å²) in [5.74, 6) is 0.937. The van der Waals surface area contributed by atoms with E-state index in [-0.39, 0.29) is 0 Å². The van der Waals surface area contributed by atoms with E-state index < -0.39 is 0 Å². The highest BCUT2D eigenvalue weighted by Crippen LogP contribution is 2.18. The van der Waals surface area contributed by atoms with Crippen LogP contribution in [0, 0.1) is 0 Å². The van der Waals surface area contributed by atoms with Crippen molar-refractivity contribution in [2.75, 3.05) is 0 Å². The number of ether oxygens (including phenoxy) is 1. The zero-order chi connectivity index (χ0) is 15.7. The Morgan fingerprint density at radius 3 is 2.17 bits per heavy atom. The fourth-order valence-electron chi connectivity index (χ4n) is 3.19. The Hall–Kier alpha value is -1.80. The number of nitrogens with one attached hydrogen (secondary N) is 1. The second-order valence-corrected chi connectivity index (χ2v) is 6.49. The zero-order valence-electron chi connectivity index (χ0n) is 13.8. The molecule has 0 heterocycles. The lowest BCUT2D eigenvalue weighted by molar-refractivity contribution is 0.306. The van der Waals surface area contributed by atoms with Gasteiger partial charge in [-0.25, -0.2) is 0 Å². The Morgan fingerprint density at radius 2 is 1.48 bits per heavy atom. The third-order valence-electron chi connectivity index (χ3n) is 4.62. The Bertz CT molecular complexity index is 556. The van der Waals surface area contributed by atoms with E-state index in [9.17, 15) is 0 Å². The van der Waals surface area contributed by atoms with Crippen LogP contribution in [0.5, 0.6) is 5.75 Å². The van der Waals surface area contributed by atoms with Crippen LogP contribution in [0.3, 0.4) is 0 Å². The first-order valence-electron chi connectivity index (χ1n) is 8.89. The summed E-state index contributed by atoms with van der Waals surface area (Å²) in [5.41, 5.74) is 2.54. The monoisotopic (exact) mass is 309 g/mol. The van der Waals surface area contributed by atoms with E-state index in [0.717, 1.165) is 12.3 Å². The summed E-state index contributed by atoms with van der Waals surface area (Å²) >= 11 is 0. The molecular weight excluding hydrogens is 282 g/mol. The first-order chi connectivity index (χ1) is 11.4. The van der Waals surface area contributed by atoms with Crippen molar-refractivity contribution in [3.05, 3.63) is 65.7 Å². The molecular formula is C21H27NO. The van der Waals surface area contributed by atoms with E-state index in [1.165, 1.54) is 49.7 Å². The SMILES string of the molecule is c1ccc(COc2ccc(CNC3CCCCCC3)cc2)cc1. The van der Waals surface area contributed by atoms with Crippen molar-refractivity contribution in [3.63, 3.8) is 0 Å². The van der Waals surface area contributed by atoms with Gasteiger partial charge >= 0.3 is 0 Å². The molecule has 0 amide bonds. The van der Waals surface area contributed by atoms with Gasteiger partial charge in [0.1, 0.15) is 12.4 Å². The summed E-state index contributed by atoms with van der Waals surface area (Å²) in [6, 6.07) is 19.5. The van der Waals surface area contributed by atoms with Gasteiger partial charge in [0, 0.05) is 12.6 Å². The lowest BCUT2D eigenvalue weighted by atomic mass is 10.1. The van der Waals surface area contributed by atoms with E-state index in [4.69, 9.17) is 4.74 Å². The van der Waals surface area contributed by atoms with E-state index in [1.807, 2.05) is 18.2 Å². The molecule has 0 saturated heterocycles. The van der Waals surface area contributed by atoms with Crippen molar-refractivity contribution in [2.24, 2.45) is 0 Å². The van der Waals surface area contributed by atoms with E-state index in [2.05, 4.69) is 41.7 Å². The van der Waals surface area contributed by atoms with Crippen molar-refractivity contribution < 1.29 is 4.74 Å². The first kappa shape index (κ1) is 16.1. The standard InChI is InChI=1S/C21H27NO/c1-2-7-11-20(10-6-1)22-16-18-12-14-21(15-13-18)23-17-19-8-4-3-5-9-19/h3-5,8-9,12-15,20,22H,1-2,6-7,10-11,16-17H2. The van der Waals surface area contributed by atoms with Gasteiger partial charge in [-0.1, -0.05) is 68.1 Å². The molecule has 0 aliphatic heterocycles. The maximum atomic E-state index is 5.84. The molecule has 0 radical (unpaired) electrons. The minimum atomic E-state index is 0.626. The van der Waals surface area contributed by atoms with Crippen LogP contribution in [0.2, 0.25) is 0 Å². The average molecular weight is 309 g/mol. The average Bonchev–Trinajstić information content (AvgIpc) is 2.89. The lowest BCUT2D eigenvalue weighted by Gasteiger charge is -2.16. The van der Waals surface area contributed by atoms with Crippen LogP contribution in [-0.4, -0.2) is 6.04 Å². The molecule has 1 N–H and O–H groups in total. The van der Waals surface area contributed by atoms with Crippen LogP contribution in [0.15, 0.2) is 54.6 Å². The largest absolute Gasteiger partial charge is 0.489 e. The van der Waals surface area contributed by atoms with Crippen LogP contribution in [-0.2, 0) is 13.2 Å². The van der Waals surface area contributed by atoms with E-state index in [1.54, 1.807) is 0 Å². The highest BCUT2D eigenvalue weighted by atomic mass is 16.5. The smallest absolute Gasteiger partial charge is 0.119 e. The molecule has 0 unspecified atom stereocenters. The third-order valence-corrected chi connectivity index (χ3v) is 4.62. The molecule has 2 nitrogen and oxygen atoms in total. The maximum Gasteiger partial charge on any atom is 0.119 e. The highest BCUT2D eigenvalue weighted by Gasteiger charge is 2.11. The van der Waals surface area contributed by atoms with Gasteiger partial charge in [-0.3, -0.25) is 0 Å². The molecule has 0 atom stereocenters. The van der Waals surface area contributed by atoms with Crippen LogP contribution in [0.4, 0.5) is 0 Å². The van der Waals surface area contributed by atoms with Crippen LogP contribution >= 0.6 is 0 Å². The van der Waals surface area contributed by atoms with Crippen LogP contribution in [0.1, 0.15) is 49.7 Å². The Morgan fingerprint density at radius 1 is 0.783 bits per heavy atom. The molecule has 23 heavy (non-hydrogen) atoms. The third kappa shape index (κ3) is 5.40. The van der Waals surface area contributed by atoms with Gasteiger partial charge in [0.05, 0.1) is 0 Å². The van der Waals surface area contributed by atoms with Crippen LogP contribution < -0.4 is 10.1 Å². The Labute approximate surface area is 139 Å². The summed E-state index contributed by atoms with van der Waals surface area (Å²) in [4.78, 5) is 0. The van der Waals surface area contributed by atoms with Gasteiger partial charge in [0.25, 0.3) is 0 Å². The second kappa shape index (κ2) is 8.73. The fourth-order valence-corrected chi connectivity index (χ4v) is 3.19. The zero-order valence-corrected chi connectivity index (χ0v) is 13.8. The number of hydrogen-bond acceptors (Lipinski definition) is 2. The molecule has 2 aromatic carbocycles. The normalized spacial score (nSPS) is 16.0. The molecule has 1 fully saturated rings. The Kier molecular flexibility index (Phi) is 6.10. The van der Waals surface area contributed by atoms with Crippen molar-refractivity contribution in [1.29, 1.82) is 0 Å². The summed E-state index contributed by atoms with van der Waals surface area (Å²) in [5, 5.41) is 3.71. The molecule has 122 valence electrons. The van der Waals surface area contributed by atoms with Gasteiger partial charge in [-0.15, -0.1) is 0 Å². The minimum absolute atomic E-state index is 0.626. The minimum Gasteiger partial charge on any atom is -0.489 e. The number of hydrogen-bond donors (Lipinski definition) is 1. The highest BCUT2D eigenvalue weighted by molar-refractivity contribution is 5.27. The first-order valence-corrected chi connectivity index (χ1v) is 8.89. The van der Waals surface area contributed by atoms with Crippen molar-refractivity contribution in [2.45, 2.75) is 57.7 Å². The predicted molar refractivity (Wildman–Crippen MR) is 95.5 cm³/mol. The summed E-state index contributed by atoms with van der Waals surface area (Å²) in [7, 11) is 0. The fraction of sp³-hybridized carbons (Fsp3) is 0.429. The van der Waals surface area contributed by atoms with E-state index >= 15 is 0 Å². The van der Waals surface area contributed by atoms with E-state index in [0.29, 0.717) is 12.6 Å². The lowest BCUT2D eigenvalue weighted by Crippen LogP contribution is -2.27.